The van der Waals surface area contributed by atoms with Crippen molar-refractivity contribution in [3.8, 4) is 5.75 Å². The molecule has 0 aliphatic heterocycles. The average Bonchev–Trinajstić information content (AvgIpc) is 3.02. The summed E-state index contributed by atoms with van der Waals surface area (Å²) < 4.78 is 5.17. The molecular weight excluding hydrogens is 198 g/mol. The second-order valence-corrected chi connectivity index (χ2v) is 4.72. The molecule has 1 aromatic carbocycles. The molecule has 1 aliphatic carbocycles. The van der Waals surface area contributed by atoms with Crippen molar-refractivity contribution in [3.63, 3.8) is 0 Å². The standard InChI is InChI=1S/C14H21NO/c1-4-13(15-14-9-10(14)2)11-5-7-12(16-3)8-6-11/h5-8,10,13-15H,4,9H2,1-3H3. The fourth-order valence-electron chi connectivity index (χ4n) is 2.10. The van der Waals surface area contributed by atoms with Gasteiger partial charge in [-0.05, 0) is 36.5 Å². The van der Waals surface area contributed by atoms with E-state index in [-0.39, 0.29) is 0 Å². The average molecular weight is 219 g/mol. The fourth-order valence-corrected chi connectivity index (χ4v) is 2.10. The predicted molar refractivity (Wildman–Crippen MR) is 66.7 cm³/mol. The topological polar surface area (TPSA) is 21.3 Å². The summed E-state index contributed by atoms with van der Waals surface area (Å²) in [4.78, 5) is 0. The van der Waals surface area contributed by atoms with Crippen molar-refractivity contribution < 1.29 is 4.74 Å². The summed E-state index contributed by atoms with van der Waals surface area (Å²) in [5, 5.41) is 3.70. The first-order valence-electron chi connectivity index (χ1n) is 6.14. The summed E-state index contributed by atoms with van der Waals surface area (Å²) in [5.74, 6) is 1.78. The van der Waals surface area contributed by atoms with Gasteiger partial charge < -0.3 is 10.1 Å². The minimum Gasteiger partial charge on any atom is -0.497 e. The summed E-state index contributed by atoms with van der Waals surface area (Å²) in [5.41, 5.74) is 1.36. The number of rotatable bonds is 5. The molecule has 0 heterocycles. The zero-order chi connectivity index (χ0) is 11.5. The van der Waals surface area contributed by atoms with E-state index in [4.69, 9.17) is 4.74 Å². The summed E-state index contributed by atoms with van der Waals surface area (Å²) in [6.07, 6.45) is 2.46. The number of hydrogen-bond acceptors (Lipinski definition) is 2. The lowest BCUT2D eigenvalue weighted by Gasteiger charge is -2.17. The Morgan fingerprint density at radius 2 is 2.00 bits per heavy atom. The Bertz CT molecular complexity index is 333. The molecule has 1 N–H and O–H groups in total. The minimum absolute atomic E-state index is 0.487. The number of ether oxygens (including phenoxy) is 1. The third kappa shape index (κ3) is 2.56. The normalized spacial score (nSPS) is 25.2. The van der Waals surface area contributed by atoms with Crippen LogP contribution in [0.15, 0.2) is 24.3 Å². The highest BCUT2D eigenvalue weighted by Crippen LogP contribution is 2.32. The summed E-state index contributed by atoms with van der Waals surface area (Å²) in [6, 6.07) is 9.61. The van der Waals surface area contributed by atoms with E-state index in [2.05, 4.69) is 31.3 Å². The lowest BCUT2D eigenvalue weighted by Crippen LogP contribution is -2.23. The van der Waals surface area contributed by atoms with E-state index in [9.17, 15) is 0 Å². The maximum absolute atomic E-state index is 5.17. The van der Waals surface area contributed by atoms with Gasteiger partial charge in [-0.3, -0.25) is 0 Å². The van der Waals surface area contributed by atoms with Crippen LogP contribution < -0.4 is 10.1 Å². The largest absolute Gasteiger partial charge is 0.497 e. The first-order chi connectivity index (χ1) is 7.74. The van der Waals surface area contributed by atoms with E-state index >= 15 is 0 Å². The Labute approximate surface area is 98.0 Å². The Morgan fingerprint density at radius 1 is 1.38 bits per heavy atom. The van der Waals surface area contributed by atoms with Gasteiger partial charge in [0.05, 0.1) is 7.11 Å². The van der Waals surface area contributed by atoms with Gasteiger partial charge in [-0.2, -0.15) is 0 Å². The number of hydrogen-bond donors (Lipinski definition) is 1. The van der Waals surface area contributed by atoms with Gasteiger partial charge in [0.25, 0.3) is 0 Å². The van der Waals surface area contributed by atoms with E-state index in [1.165, 1.54) is 12.0 Å². The lowest BCUT2D eigenvalue weighted by molar-refractivity contribution is 0.414. The lowest BCUT2D eigenvalue weighted by atomic mass is 10.0. The minimum atomic E-state index is 0.487. The molecule has 2 nitrogen and oxygen atoms in total. The summed E-state index contributed by atoms with van der Waals surface area (Å²) in [7, 11) is 1.70. The van der Waals surface area contributed by atoms with Gasteiger partial charge in [0, 0.05) is 12.1 Å². The van der Waals surface area contributed by atoms with Crippen LogP contribution in [0.5, 0.6) is 5.75 Å². The molecule has 0 aromatic heterocycles. The van der Waals surface area contributed by atoms with Crippen LogP contribution >= 0.6 is 0 Å². The van der Waals surface area contributed by atoms with Gasteiger partial charge >= 0.3 is 0 Å². The van der Waals surface area contributed by atoms with Crippen molar-refractivity contribution >= 4 is 0 Å². The molecule has 0 radical (unpaired) electrons. The summed E-state index contributed by atoms with van der Waals surface area (Å²) >= 11 is 0. The first-order valence-corrected chi connectivity index (χ1v) is 6.14. The third-order valence-electron chi connectivity index (χ3n) is 3.45. The van der Waals surface area contributed by atoms with Gasteiger partial charge in [0.15, 0.2) is 0 Å². The highest BCUT2D eigenvalue weighted by molar-refractivity contribution is 5.29. The monoisotopic (exact) mass is 219 g/mol. The molecule has 2 heteroatoms. The Balaban J connectivity index is 2.01. The van der Waals surface area contributed by atoms with Crippen LogP contribution in [0.3, 0.4) is 0 Å². The van der Waals surface area contributed by atoms with E-state index in [0.29, 0.717) is 6.04 Å². The Morgan fingerprint density at radius 3 is 2.44 bits per heavy atom. The highest BCUT2D eigenvalue weighted by atomic mass is 16.5. The zero-order valence-corrected chi connectivity index (χ0v) is 10.4. The smallest absolute Gasteiger partial charge is 0.118 e. The van der Waals surface area contributed by atoms with Gasteiger partial charge in [-0.15, -0.1) is 0 Å². The Kier molecular flexibility index (Phi) is 3.49. The second-order valence-electron chi connectivity index (χ2n) is 4.72. The van der Waals surface area contributed by atoms with Crippen LogP contribution in [0.2, 0.25) is 0 Å². The maximum atomic E-state index is 5.17. The molecule has 1 aliphatic rings. The van der Waals surface area contributed by atoms with Gasteiger partial charge in [0.1, 0.15) is 5.75 Å². The van der Waals surface area contributed by atoms with Crippen LogP contribution in [-0.2, 0) is 0 Å². The van der Waals surface area contributed by atoms with Crippen molar-refractivity contribution in [1.29, 1.82) is 0 Å². The SMILES string of the molecule is CCC(NC1CC1C)c1ccc(OC)cc1. The van der Waals surface area contributed by atoms with Crippen LogP contribution in [-0.4, -0.2) is 13.2 Å². The van der Waals surface area contributed by atoms with Gasteiger partial charge in [-0.25, -0.2) is 0 Å². The third-order valence-corrected chi connectivity index (χ3v) is 3.45. The van der Waals surface area contributed by atoms with E-state index in [1.807, 2.05) is 12.1 Å². The van der Waals surface area contributed by atoms with Gasteiger partial charge in [-0.1, -0.05) is 26.0 Å². The van der Waals surface area contributed by atoms with E-state index in [0.717, 1.165) is 24.1 Å². The zero-order valence-electron chi connectivity index (χ0n) is 10.4. The van der Waals surface area contributed by atoms with Crippen molar-refractivity contribution in [2.45, 2.75) is 38.8 Å². The molecule has 0 bridgehead atoms. The number of methoxy groups -OCH3 is 1. The van der Waals surface area contributed by atoms with Crippen molar-refractivity contribution in [1.82, 2.24) is 5.32 Å². The molecule has 2 rings (SSSR count). The molecule has 88 valence electrons. The summed E-state index contributed by atoms with van der Waals surface area (Å²) in [6.45, 7) is 4.54. The molecule has 3 unspecified atom stereocenters. The molecular formula is C14H21NO. The molecule has 3 atom stereocenters. The van der Waals surface area contributed by atoms with Crippen molar-refractivity contribution in [2.75, 3.05) is 7.11 Å². The molecule has 1 aromatic rings. The fraction of sp³-hybridized carbons (Fsp3) is 0.571. The van der Waals surface area contributed by atoms with Crippen molar-refractivity contribution in [3.05, 3.63) is 29.8 Å². The predicted octanol–water partition coefficient (Wildman–Crippen LogP) is 3.14. The molecule has 0 saturated heterocycles. The van der Waals surface area contributed by atoms with Crippen LogP contribution in [0.4, 0.5) is 0 Å². The Hall–Kier alpha value is -1.02. The molecule has 0 amide bonds. The number of nitrogens with one attached hydrogen (secondary N) is 1. The molecule has 1 fully saturated rings. The number of benzene rings is 1. The maximum Gasteiger partial charge on any atom is 0.118 e. The molecule has 16 heavy (non-hydrogen) atoms. The van der Waals surface area contributed by atoms with E-state index < -0.39 is 0 Å². The van der Waals surface area contributed by atoms with Crippen molar-refractivity contribution in [2.24, 2.45) is 5.92 Å². The van der Waals surface area contributed by atoms with Crippen LogP contribution in [0.25, 0.3) is 0 Å². The van der Waals surface area contributed by atoms with Crippen LogP contribution in [0, 0.1) is 5.92 Å². The first kappa shape index (κ1) is 11.5. The van der Waals surface area contributed by atoms with Gasteiger partial charge in [0.2, 0.25) is 0 Å². The van der Waals surface area contributed by atoms with Crippen LogP contribution in [0.1, 0.15) is 38.3 Å². The second kappa shape index (κ2) is 4.88. The molecule has 0 spiro atoms. The van der Waals surface area contributed by atoms with E-state index in [1.54, 1.807) is 7.11 Å². The molecule has 1 saturated carbocycles. The quantitative estimate of drug-likeness (QED) is 0.821. The highest BCUT2D eigenvalue weighted by Gasteiger charge is 2.33.